The third-order valence-electron chi connectivity index (χ3n) is 3.02. The fourth-order valence-electron chi connectivity index (χ4n) is 1.84. The molecule has 1 N–H and O–H groups in total. The Labute approximate surface area is 137 Å². The average Bonchev–Trinajstić information content (AvgIpc) is 3.05. The van der Waals surface area contributed by atoms with E-state index < -0.39 is 0 Å². The molecule has 1 unspecified atom stereocenters. The summed E-state index contributed by atoms with van der Waals surface area (Å²) >= 11 is 1.22. The van der Waals surface area contributed by atoms with Gasteiger partial charge >= 0.3 is 0 Å². The molecule has 116 valence electrons. The molecule has 1 amide bonds. The van der Waals surface area contributed by atoms with E-state index in [9.17, 15) is 4.79 Å². The number of benzene rings is 1. The normalized spacial score (nSPS) is 11.9. The Morgan fingerprint density at radius 3 is 2.61 bits per heavy atom. The van der Waals surface area contributed by atoms with Crippen LogP contribution in [0.15, 0.2) is 64.5 Å². The van der Waals surface area contributed by atoms with Gasteiger partial charge in [-0.05, 0) is 31.2 Å². The standard InChI is InChI=1S/C16H14N4O2S/c1-11(14(21)18-13-5-3-2-4-6-13)23-16-20-19-15(22-16)12-7-9-17-10-8-12/h2-11H,1H3,(H,18,21). The molecule has 6 nitrogen and oxygen atoms in total. The first-order valence-electron chi connectivity index (χ1n) is 6.99. The Kier molecular flexibility index (Phi) is 4.68. The summed E-state index contributed by atoms with van der Waals surface area (Å²) in [5.74, 6) is 0.287. The van der Waals surface area contributed by atoms with E-state index >= 15 is 0 Å². The fourth-order valence-corrected chi connectivity index (χ4v) is 2.52. The summed E-state index contributed by atoms with van der Waals surface area (Å²) in [4.78, 5) is 16.1. The number of aromatic nitrogens is 3. The maximum absolute atomic E-state index is 12.2. The molecule has 0 saturated heterocycles. The van der Waals surface area contributed by atoms with E-state index in [0.29, 0.717) is 11.1 Å². The average molecular weight is 326 g/mol. The van der Waals surface area contributed by atoms with Crippen molar-refractivity contribution in [3.05, 3.63) is 54.9 Å². The first-order valence-corrected chi connectivity index (χ1v) is 7.87. The molecule has 2 heterocycles. The lowest BCUT2D eigenvalue weighted by Crippen LogP contribution is -2.22. The molecule has 2 aromatic heterocycles. The zero-order valence-electron chi connectivity index (χ0n) is 12.3. The molecule has 0 fully saturated rings. The zero-order chi connectivity index (χ0) is 16.1. The number of pyridine rings is 1. The van der Waals surface area contributed by atoms with Crippen LogP contribution >= 0.6 is 11.8 Å². The van der Waals surface area contributed by atoms with E-state index in [-0.39, 0.29) is 11.2 Å². The number of nitrogens with one attached hydrogen (secondary N) is 1. The minimum atomic E-state index is -0.360. The van der Waals surface area contributed by atoms with Crippen molar-refractivity contribution in [1.29, 1.82) is 0 Å². The third kappa shape index (κ3) is 3.95. The summed E-state index contributed by atoms with van der Waals surface area (Å²) in [6.45, 7) is 1.79. The van der Waals surface area contributed by atoms with E-state index in [1.807, 2.05) is 30.3 Å². The second kappa shape index (κ2) is 7.06. The van der Waals surface area contributed by atoms with Gasteiger partial charge in [-0.1, -0.05) is 30.0 Å². The van der Waals surface area contributed by atoms with Crippen molar-refractivity contribution >= 4 is 23.4 Å². The van der Waals surface area contributed by atoms with Crippen LogP contribution < -0.4 is 5.32 Å². The van der Waals surface area contributed by atoms with Crippen molar-refractivity contribution in [3.63, 3.8) is 0 Å². The third-order valence-corrected chi connectivity index (χ3v) is 3.96. The maximum Gasteiger partial charge on any atom is 0.277 e. The minimum absolute atomic E-state index is 0.120. The van der Waals surface area contributed by atoms with Crippen LogP contribution in [0, 0.1) is 0 Å². The second-order valence-electron chi connectivity index (χ2n) is 4.72. The molecule has 0 aliphatic carbocycles. The molecule has 1 aromatic carbocycles. The number of hydrogen-bond acceptors (Lipinski definition) is 6. The molecule has 7 heteroatoms. The smallest absolute Gasteiger partial charge is 0.277 e. The number of anilines is 1. The lowest BCUT2D eigenvalue weighted by Gasteiger charge is -2.09. The Morgan fingerprint density at radius 2 is 1.87 bits per heavy atom. The van der Waals surface area contributed by atoms with Gasteiger partial charge in [-0.3, -0.25) is 9.78 Å². The molecule has 3 aromatic rings. The highest BCUT2D eigenvalue weighted by Crippen LogP contribution is 2.26. The van der Waals surface area contributed by atoms with Gasteiger partial charge in [0.25, 0.3) is 5.22 Å². The second-order valence-corrected chi connectivity index (χ2v) is 6.02. The predicted molar refractivity (Wildman–Crippen MR) is 87.9 cm³/mol. The van der Waals surface area contributed by atoms with Gasteiger partial charge in [0.15, 0.2) is 0 Å². The van der Waals surface area contributed by atoms with Crippen molar-refractivity contribution in [1.82, 2.24) is 15.2 Å². The topological polar surface area (TPSA) is 80.9 Å². The Morgan fingerprint density at radius 1 is 1.13 bits per heavy atom. The van der Waals surface area contributed by atoms with Crippen LogP contribution in [0.1, 0.15) is 6.92 Å². The van der Waals surface area contributed by atoms with Gasteiger partial charge in [0.05, 0.1) is 5.25 Å². The van der Waals surface area contributed by atoms with E-state index in [1.54, 1.807) is 31.5 Å². The highest BCUT2D eigenvalue weighted by atomic mass is 32.2. The van der Waals surface area contributed by atoms with Gasteiger partial charge in [0.2, 0.25) is 11.8 Å². The molecule has 0 bridgehead atoms. The van der Waals surface area contributed by atoms with Crippen LogP contribution in [-0.2, 0) is 4.79 Å². The molecule has 0 radical (unpaired) electrons. The largest absolute Gasteiger partial charge is 0.411 e. The Hall–Kier alpha value is -2.67. The quantitative estimate of drug-likeness (QED) is 0.725. The minimum Gasteiger partial charge on any atom is -0.411 e. The number of nitrogens with zero attached hydrogens (tertiary/aromatic N) is 3. The van der Waals surface area contributed by atoms with Crippen LogP contribution in [0.3, 0.4) is 0 Å². The highest BCUT2D eigenvalue weighted by molar-refractivity contribution is 8.00. The lowest BCUT2D eigenvalue weighted by molar-refractivity contribution is -0.115. The van der Waals surface area contributed by atoms with Crippen LogP contribution in [0.2, 0.25) is 0 Å². The van der Waals surface area contributed by atoms with Gasteiger partial charge in [0.1, 0.15) is 0 Å². The fraction of sp³-hybridized carbons (Fsp3) is 0.125. The van der Waals surface area contributed by atoms with Gasteiger partial charge in [-0.2, -0.15) is 0 Å². The molecule has 0 aliphatic rings. The van der Waals surface area contributed by atoms with Crippen molar-refractivity contribution in [2.75, 3.05) is 5.32 Å². The van der Waals surface area contributed by atoms with Gasteiger partial charge in [-0.15, -0.1) is 10.2 Å². The predicted octanol–water partition coefficient (Wildman–Crippen LogP) is 3.25. The SMILES string of the molecule is CC(Sc1nnc(-c2ccncc2)o1)C(=O)Nc1ccccc1. The number of rotatable bonds is 5. The summed E-state index contributed by atoms with van der Waals surface area (Å²) in [6.07, 6.45) is 3.31. The summed E-state index contributed by atoms with van der Waals surface area (Å²) in [7, 11) is 0. The van der Waals surface area contributed by atoms with E-state index in [4.69, 9.17) is 4.42 Å². The van der Waals surface area contributed by atoms with E-state index in [2.05, 4.69) is 20.5 Å². The molecule has 0 aliphatic heterocycles. The van der Waals surface area contributed by atoms with Crippen molar-refractivity contribution in [2.24, 2.45) is 0 Å². The number of carbonyl (C=O) groups is 1. The Bertz CT molecular complexity index is 777. The van der Waals surface area contributed by atoms with Crippen LogP contribution in [0.5, 0.6) is 0 Å². The number of hydrogen-bond donors (Lipinski definition) is 1. The van der Waals surface area contributed by atoms with Crippen molar-refractivity contribution in [2.45, 2.75) is 17.4 Å². The maximum atomic E-state index is 12.2. The summed E-state index contributed by atoms with van der Waals surface area (Å²) in [5, 5.41) is 10.8. The Balaban J connectivity index is 1.63. The molecule has 0 spiro atoms. The first-order chi connectivity index (χ1) is 11.2. The summed E-state index contributed by atoms with van der Waals surface area (Å²) in [5.41, 5.74) is 1.55. The number of thioether (sulfide) groups is 1. The molecule has 0 saturated carbocycles. The highest BCUT2D eigenvalue weighted by Gasteiger charge is 2.18. The van der Waals surface area contributed by atoms with Gasteiger partial charge < -0.3 is 9.73 Å². The molecule has 23 heavy (non-hydrogen) atoms. The zero-order valence-corrected chi connectivity index (χ0v) is 13.2. The number of para-hydroxylation sites is 1. The van der Waals surface area contributed by atoms with E-state index in [1.165, 1.54) is 11.8 Å². The monoisotopic (exact) mass is 326 g/mol. The van der Waals surface area contributed by atoms with Crippen molar-refractivity contribution in [3.8, 4) is 11.5 Å². The van der Waals surface area contributed by atoms with Crippen LogP contribution in [-0.4, -0.2) is 26.3 Å². The first kappa shape index (κ1) is 15.2. The molecular weight excluding hydrogens is 312 g/mol. The van der Waals surface area contributed by atoms with Crippen LogP contribution in [0.25, 0.3) is 11.5 Å². The molecular formula is C16H14N4O2S. The molecule has 3 rings (SSSR count). The lowest BCUT2D eigenvalue weighted by atomic mass is 10.3. The van der Waals surface area contributed by atoms with Gasteiger partial charge in [-0.25, -0.2) is 0 Å². The molecule has 1 atom stereocenters. The summed E-state index contributed by atoms with van der Waals surface area (Å²) in [6, 6.07) is 12.9. The number of amides is 1. The van der Waals surface area contributed by atoms with Crippen LogP contribution in [0.4, 0.5) is 5.69 Å². The van der Waals surface area contributed by atoms with Gasteiger partial charge in [0, 0.05) is 23.6 Å². The van der Waals surface area contributed by atoms with Crippen molar-refractivity contribution < 1.29 is 9.21 Å². The number of carbonyl (C=O) groups excluding carboxylic acids is 1. The van der Waals surface area contributed by atoms with E-state index in [0.717, 1.165) is 11.3 Å². The summed E-state index contributed by atoms with van der Waals surface area (Å²) < 4.78 is 5.57.